The van der Waals surface area contributed by atoms with E-state index >= 15 is 0 Å². The lowest BCUT2D eigenvalue weighted by Crippen LogP contribution is -2.43. The van der Waals surface area contributed by atoms with Crippen molar-refractivity contribution in [1.82, 2.24) is 9.47 Å². The lowest BCUT2D eigenvalue weighted by Gasteiger charge is -2.29. The Kier molecular flexibility index (Phi) is 7.66. The first-order chi connectivity index (χ1) is 17.3. The molecule has 2 heterocycles. The number of allylic oxidation sites excluding steroid dienone is 1. The zero-order valence-electron chi connectivity index (χ0n) is 20.9. The molecular weight excluding hydrogens is 498 g/mol. The first-order valence-electron chi connectivity index (χ1n) is 11.6. The summed E-state index contributed by atoms with van der Waals surface area (Å²) in [6.07, 6.45) is 1.80. The van der Waals surface area contributed by atoms with E-state index in [2.05, 4.69) is 0 Å². The second kappa shape index (κ2) is 10.7. The van der Waals surface area contributed by atoms with Crippen LogP contribution < -0.4 is 24.4 Å². The van der Waals surface area contributed by atoms with Crippen molar-refractivity contribution in [3.8, 4) is 11.5 Å². The van der Waals surface area contributed by atoms with Crippen LogP contribution in [0.3, 0.4) is 0 Å². The summed E-state index contributed by atoms with van der Waals surface area (Å²) in [7, 11) is 3.14. The minimum absolute atomic E-state index is 0.129. The van der Waals surface area contributed by atoms with Gasteiger partial charge >= 0.3 is 0 Å². The molecule has 36 heavy (non-hydrogen) atoms. The maximum atomic E-state index is 13.8. The van der Waals surface area contributed by atoms with Crippen molar-refractivity contribution in [3.63, 3.8) is 0 Å². The molecule has 0 fully saturated rings. The fraction of sp³-hybridized carbons (Fsp3) is 0.296. The lowest BCUT2D eigenvalue weighted by atomic mass is 9.94. The van der Waals surface area contributed by atoms with Crippen LogP contribution in [0.25, 0.3) is 6.08 Å². The Labute approximate surface area is 218 Å². The first-order valence-corrected chi connectivity index (χ1v) is 12.8. The number of carbonyl (C=O) groups excluding carboxylic acids is 1. The van der Waals surface area contributed by atoms with Gasteiger partial charge in [0.2, 0.25) is 0 Å². The molecule has 0 bridgehead atoms. The maximum absolute atomic E-state index is 13.8. The van der Waals surface area contributed by atoms with E-state index in [0.717, 1.165) is 11.1 Å². The molecule has 0 N–H and O–H groups in total. The fourth-order valence-corrected chi connectivity index (χ4v) is 5.50. The summed E-state index contributed by atoms with van der Waals surface area (Å²) in [5, 5.41) is 0.580. The van der Waals surface area contributed by atoms with Crippen molar-refractivity contribution in [1.29, 1.82) is 0 Å². The van der Waals surface area contributed by atoms with Crippen LogP contribution in [0.2, 0.25) is 5.02 Å². The van der Waals surface area contributed by atoms with E-state index in [9.17, 15) is 9.59 Å². The molecule has 2 aromatic carbocycles. The molecule has 3 aromatic rings. The van der Waals surface area contributed by atoms with Crippen LogP contribution >= 0.6 is 22.9 Å². The molecule has 4 rings (SSSR count). The molecule has 1 aliphatic heterocycles. The smallest absolute Gasteiger partial charge is 0.271 e. The van der Waals surface area contributed by atoms with E-state index in [1.165, 1.54) is 11.3 Å². The van der Waals surface area contributed by atoms with Gasteiger partial charge in [0.15, 0.2) is 16.3 Å². The van der Waals surface area contributed by atoms with Crippen molar-refractivity contribution < 1.29 is 14.3 Å². The number of thiazole rings is 1. The Bertz CT molecular complexity index is 1500. The molecular formula is C27H28ClN3O4S. The van der Waals surface area contributed by atoms with Gasteiger partial charge in [-0.2, -0.15) is 0 Å². The number of rotatable bonds is 7. The monoisotopic (exact) mass is 525 g/mol. The van der Waals surface area contributed by atoms with Crippen molar-refractivity contribution in [2.45, 2.75) is 26.8 Å². The van der Waals surface area contributed by atoms with Gasteiger partial charge < -0.3 is 14.4 Å². The van der Waals surface area contributed by atoms with Crippen LogP contribution in [0, 0.1) is 0 Å². The second-order valence-electron chi connectivity index (χ2n) is 8.23. The van der Waals surface area contributed by atoms with Gasteiger partial charge in [-0.15, -0.1) is 0 Å². The number of benzene rings is 2. The average Bonchev–Trinajstić information content (AvgIpc) is 3.18. The van der Waals surface area contributed by atoms with Gasteiger partial charge in [-0.1, -0.05) is 41.1 Å². The maximum Gasteiger partial charge on any atom is 0.271 e. The molecule has 7 nitrogen and oxygen atoms in total. The average molecular weight is 526 g/mol. The normalized spacial score (nSPS) is 15.4. The molecule has 1 aromatic heterocycles. The molecule has 1 amide bonds. The first kappa shape index (κ1) is 25.7. The van der Waals surface area contributed by atoms with Crippen LogP contribution in [0.4, 0.5) is 0 Å². The number of carbonyl (C=O) groups is 1. The minimum atomic E-state index is -0.612. The van der Waals surface area contributed by atoms with Crippen LogP contribution in [0.5, 0.6) is 11.5 Å². The summed E-state index contributed by atoms with van der Waals surface area (Å²) in [5.74, 6) is 1.05. The number of ether oxygens (including phenoxy) is 2. The summed E-state index contributed by atoms with van der Waals surface area (Å²) in [4.78, 5) is 34.4. The van der Waals surface area contributed by atoms with Gasteiger partial charge in [-0.25, -0.2) is 4.99 Å². The molecule has 0 spiro atoms. The number of aromatic nitrogens is 1. The Morgan fingerprint density at radius 2 is 1.78 bits per heavy atom. The van der Waals surface area contributed by atoms with Crippen molar-refractivity contribution >= 4 is 34.9 Å². The Morgan fingerprint density at radius 1 is 1.11 bits per heavy atom. The molecule has 0 radical (unpaired) electrons. The number of fused-ring (bicyclic) bond motifs is 1. The largest absolute Gasteiger partial charge is 0.493 e. The number of amides is 1. The predicted octanol–water partition coefficient (Wildman–Crippen LogP) is 3.77. The molecule has 0 unspecified atom stereocenters. The summed E-state index contributed by atoms with van der Waals surface area (Å²) in [5.41, 5.74) is 2.46. The molecule has 0 aliphatic carbocycles. The summed E-state index contributed by atoms with van der Waals surface area (Å²) >= 11 is 7.44. The van der Waals surface area contributed by atoms with E-state index < -0.39 is 6.04 Å². The highest BCUT2D eigenvalue weighted by Gasteiger charge is 2.34. The van der Waals surface area contributed by atoms with E-state index in [-0.39, 0.29) is 11.5 Å². The van der Waals surface area contributed by atoms with E-state index in [0.29, 0.717) is 50.2 Å². The number of likely N-dealkylation sites (N-methyl/N-ethyl adjacent to an activating group) is 1. The van der Waals surface area contributed by atoms with Crippen LogP contribution in [0.1, 0.15) is 37.9 Å². The predicted molar refractivity (Wildman–Crippen MR) is 143 cm³/mol. The minimum Gasteiger partial charge on any atom is -0.493 e. The topological polar surface area (TPSA) is 73.1 Å². The summed E-state index contributed by atoms with van der Waals surface area (Å²) in [6, 6.07) is 12.1. The molecule has 188 valence electrons. The highest BCUT2D eigenvalue weighted by atomic mass is 35.5. The molecule has 9 heteroatoms. The molecule has 0 saturated carbocycles. The van der Waals surface area contributed by atoms with Gasteiger partial charge in [0.25, 0.3) is 11.5 Å². The molecule has 1 aliphatic rings. The highest BCUT2D eigenvalue weighted by molar-refractivity contribution is 7.07. The van der Waals surface area contributed by atoms with Gasteiger partial charge in [0, 0.05) is 18.1 Å². The molecule has 0 saturated heterocycles. The summed E-state index contributed by atoms with van der Waals surface area (Å²) in [6.45, 7) is 6.82. The quantitative estimate of drug-likeness (QED) is 0.470. The molecule has 1 atom stereocenters. The Balaban J connectivity index is 1.93. The van der Waals surface area contributed by atoms with Gasteiger partial charge in [-0.05, 0) is 62.2 Å². The van der Waals surface area contributed by atoms with Gasteiger partial charge in [-0.3, -0.25) is 14.2 Å². The number of hydrogen-bond acceptors (Lipinski definition) is 6. The van der Waals surface area contributed by atoms with Crippen LogP contribution in [-0.2, 0) is 4.79 Å². The summed E-state index contributed by atoms with van der Waals surface area (Å²) < 4.78 is 12.8. The van der Waals surface area contributed by atoms with Gasteiger partial charge in [0.05, 0.1) is 36.1 Å². The standard InChI is InChI=1S/C27H28ClN3O4S/c1-6-30(7-2)26(33)23-16(3)29-27-31(24(23)18-9-11-19(28)12-10-18)25(32)22(36-27)15-17-8-13-20(34-4)21(14-17)35-5/h8-15,24H,6-7H2,1-5H3/b22-15+/t24-/m1/s1. The fourth-order valence-electron chi connectivity index (χ4n) is 4.33. The van der Waals surface area contributed by atoms with Crippen LogP contribution in [0.15, 0.2) is 63.5 Å². The second-order valence-corrected chi connectivity index (χ2v) is 9.67. The SMILES string of the molecule is CCN(CC)C(=O)C1=C(C)N=c2s/c(=C/c3ccc(OC)c(OC)c3)c(=O)n2[C@@H]1c1ccc(Cl)cc1. The van der Waals surface area contributed by atoms with E-state index in [1.807, 2.05) is 45.0 Å². The Hall–Kier alpha value is -3.36. The zero-order chi connectivity index (χ0) is 26.0. The van der Waals surface area contributed by atoms with Crippen molar-refractivity contribution in [2.24, 2.45) is 4.99 Å². The zero-order valence-corrected chi connectivity index (χ0v) is 22.4. The van der Waals surface area contributed by atoms with E-state index in [4.69, 9.17) is 26.1 Å². The van der Waals surface area contributed by atoms with Crippen molar-refractivity contribution in [2.75, 3.05) is 27.3 Å². The number of nitrogens with zero attached hydrogens (tertiary/aromatic N) is 3. The van der Waals surface area contributed by atoms with Gasteiger partial charge in [0.1, 0.15) is 0 Å². The number of halogens is 1. The number of methoxy groups -OCH3 is 2. The third-order valence-corrected chi connectivity index (χ3v) is 7.43. The third-order valence-electron chi connectivity index (χ3n) is 6.19. The van der Waals surface area contributed by atoms with Crippen molar-refractivity contribution in [3.05, 3.63) is 89.6 Å². The highest BCUT2D eigenvalue weighted by Crippen LogP contribution is 2.32. The number of hydrogen-bond donors (Lipinski definition) is 0. The third kappa shape index (κ3) is 4.70. The van der Waals surface area contributed by atoms with E-state index in [1.54, 1.807) is 48.0 Å². The Morgan fingerprint density at radius 3 is 2.39 bits per heavy atom. The lowest BCUT2D eigenvalue weighted by molar-refractivity contribution is -0.127. The van der Waals surface area contributed by atoms with Crippen LogP contribution in [-0.4, -0.2) is 42.7 Å².